The fraction of sp³-hybridized carbons (Fsp3) is 0.368. The summed E-state index contributed by atoms with van der Waals surface area (Å²) >= 11 is 1.70. The number of benzene rings is 1. The summed E-state index contributed by atoms with van der Waals surface area (Å²) in [5.74, 6) is 0. The second-order valence-corrected chi connectivity index (χ2v) is 10.0. The van der Waals surface area contributed by atoms with E-state index < -0.39 is 21.3 Å². The molecule has 154 valence electrons. The molecule has 0 saturated carbocycles. The zero-order chi connectivity index (χ0) is 20.6. The third kappa shape index (κ3) is 4.20. The highest BCUT2D eigenvalue weighted by atomic mass is 32.2. The normalized spacial score (nSPS) is 18.3. The van der Waals surface area contributed by atoms with Crippen molar-refractivity contribution < 1.29 is 8.42 Å². The number of nitrogens with zero attached hydrogens (tertiary/aromatic N) is 2. The molecule has 29 heavy (non-hydrogen) atoms. The van der Waals surface area contributed by atoms with Gasteiger partial charge in [-0.25, -0.2) is 17.9 Å². The lowest BCUT2D eigenvalue weighted by Crippen LogP contribution is -2.47. The van der Waals surface area contributed by atoms with E-state index in [1.54, 1.807) is 11.3 Å². The molecular weight excluding hydrogens is 412 g/mol. The van der Waals surface area contributed by atoms with Gasteiger partial charge in [0.1, 0.15) is 0 Å². The van der Waals surface area contributed by atoms with Crippen molar-refractivity contribution in [3.8, 4) is 0 Å². The Kier molecular flexibility index (Phi) is 5.43. The minimum atomic E-state index is -3.79. The van der Waals surface area contributed by atoms with E-state index in [0.717, 1.165) is 30.5 Å². The minimum Gasteiger partial charge on any atom is -0.307 e. The summed E-state index contributed by atoms with van der Waals surface area (Å²) in [7, 11) is -2.44. The Balaban J connectivity index is 1.55. The summed E-state index contributed by atoms with van der Waals surface area (Å²) in [6.07, 6.45) is 1.68. The van der Waals surface area contributed by atoms with Crippen molar-refractivity contribution in [1.29, 1.82) is 0 Å². The minimum absolute atomic E-state index is 0.0181. The first-order chi connectivity index (χ1) is 13.8. The van der Waals surface area contributed by atoms with E-state index >= 15 is 0 Å². The van der Waals surface area contributed by atoms with E-state index in [0.29, 0.717) is 12.1 Å². The number of hydrogen-bond donors (Lipinski definition) is 2. The van der Waals surface area contributed by atoms with Gasteiger partial charge in [0.2, 0.25) is 10.0 Å². The van der Waals surface area contributed by atoms with Crippen LogP contribution in [0.25, 0.3) is 10.9 Å². The molecule has 0 aliphatic carbocycles. The van der Waals surface area contributed by atoms with Crippen LogP contribution in [0.1, 0.15) is 17.7 Å². The molecule has 0 radical (unpaired) electrons. The lowest BCUT2D eigenvalue weighted by atomic mass is 10.1. The van der Waals surface area contributed by atoms with Crippen LogP contribution in [-0.2, 0) is 23.6 Å². The molecule has 2 aromatic heterocycles. The van der Waals surface area contributed by atoms with Crippen molar-refractivity contribution >= 4 is 32.3 Å². The predicted octanol–water partition coefficient (Wildman–Crippen LogP) is 1.23. The molecule has 1 aliphatic heterocycles. The van der Waals surface area contributed by atoms with Gasteiger partial charge in [-0.05, 0) is 49.0 Å². The number of likely N-dealkylation sites (tertiary alicyclic amines) is 1. The van der Waals surface area contributed by atoms with Crippen molar-refractivity contribution in [2.75, 3.05) is 13.1 Å². The maximum Gasteiger partial charge on any atom is 0.328 e. The third-order valence-electron chi connectivity index (χ3n) is 5.17. The smallest absolute Gasteiger partial charge is 0.307 e. The SMILES string of the molecule is Cn1c(=O)[nH]c2ccc(S(=O)(=O)NC3CCCN(Cc4cccs4)C3)cc2c1=O. The first-order valence-corrected chi connectivity index (χ1v) is 11.7. The maximum absolute atomic E-state index is 12.9. The lowest BCUT2D eigenvalue weighted by molar-refractivity contribution is 0.196. The van der Waals surface area contributed by atoms with Crippen molar-refractivity contribution in [2.24, 2.45) is 7.05 Å². The van der Waals surface area contributed by atoms with Crippen LogP contribution in [0.4, 0.5) is 0 Å². The Morgan fingerprint density at radius 1 is 1.28 bits per heavy atom. The fourth-order valence-corrected chi connectivity index (χ4v) is 5.69. The summed E-state index contributed by atoms with van der Waals surface area (Å²) in [6, 6.07) is 8.09. The monoisotopic (exact) mass is 434 g/mol. The molecule has 1 atom stereocenters. The van der Waals surface area contributed by atoms with Crippen LogP contribution in [0.2, 0.25) is 0 Å². The van der Waals surface area contributed by atoms with Crippen molar-refractivity contribution in [3.05, 3.63) is 61.4 Å². The van der Waals surface area contributed by atoms with Gasteiger partial charge in [-0.2, -0.15) is 0 Å². The highest BCUT2D eigenvalue weighted by Crippen LogP contribution is 2.19. The van der Waals surface area contributed by atoms with Crippen LogP contribution in [0.3, 0.4) is 0 Å². The summed E-state index contributed by atoms with van der Waals surface area (Å²) < 4.78 is 29.6. The number of fused-ring (bicyclic) bond motifs is 1. The molecule has 1 aliphatic rings. The van der Waals surface area contributed by atoms with E-state index in [1.165, 1.54) is 30.1 Å². The van der Waals surface area contributed by atoms with E-state index in [2.05, 4.69) is 20.7 Å². The molecule has 10 heteroatoms. The Bertz CT molecular complexity index is 1250. The number of H-pyrrole nitrogens is 1. The first kappa shape index (κ1) is 20.0. The number of nitrogens with one attached hydrogen (secondary N) is 2. The Morgan fingerprint density at radius 3 is 2.86 bits per heavy atom. The lowest BCUT2D eigenvalue weighted by Gasteiger charge is -2.32. The van der Waals surface area contributed by atoms with Gasteiger partial charge in [-0.3, -0.25) is 14.3 Å². The Hall–Kier alpha value is -2.27. The molecule has 1 aromatic carbocycles. The molecule has 0 bridgehead atoms. The second-order valence-electron chi connectivity index (χ2n) is 7.28. The number of thiophene rings is 1. The largest absolute Gasteiger partial charge is 0.328 e. The zero-order valence-electron chi connectivity index (χ0n) is 15.9. The van der Waals surface area contributed by atoms with Gasteiger partial charge in [0.15, 0.2) is 0 Å². The summed E-state index contributed by atoms with van der Waals surface area (Å²) in [5.41, 5.74) is -0.748. The quantitative estimate of drug-likeness (QED) is 0.629. The van der Waals surface area contributed by atoms with E-state index in [-0.39, 0.29) is 16.3 Å². The van der Waals surface area contributed by atoms with Crippen molar-refractivity contribution in [3.63, 3.8) is 0 Å². The molecule has 3 aromatic rings. The summed E-state index contributed by atoms with van der Waals surface area (Å²) in [5, 5.41) is 2.20. The van der Waals surface area contributed by atoms with Gasteiger partial charge in [-0.1, -0.05) is 6.07 Å². The van der Waals surface area contributed by atoms with Gasteiger partial charge in [-0.15, -0.1) is 11.3 Å². The van der Waals surface area contributed by atoms with E-state index in [1.807, 2.05) is 11.4 Å². The Labute approximate surface area is 171 Å². The van der Waals surface area contributed by atoms with Crippen LogP contribution >= 0.6 is 11.3 Å². The van der Waals surface area contributed by atoms with E-state index in [4.69, 9.17) is 0 Å². The molecule has 1 fully saturated rings. The van der Waals surface area contributed by atoms with Crippen molar-refractivity contribution in [1.82, 2.24) is 19.2 Å². The average Bonchev–Trinajstić information content (AvgIpc) is 3.19. The topological polar surface area (TPSA) is 104 Å². The first-order valence-electron chi connectivity index (χ1n) is 9.33. The third-order valence-corrected chi connectivity index (χ3v) is 7.55. The van der Waals surface area contributed by atoms with Crippen molar-refractivity contribution in [2.45, 2.75) is 30.3 Å². The standard InChI is InChI=1S/C19H22N4O4S2/c1-22-18(24)16-10-15(6-7-17(16)20-19(22)25)29(26,27)21-13-4-2-8-23(11-13)12-14-5-3-9-28-14/h3,5-7,9-10,13,21H,2,4,8,11-12H2,1H3,(H,20,25). The molecule has 8 nitrogen and oxygen atoms in total. The molecule has 1 saturated heterocycles. The highest BCUT2D eigenvalue weighted by Gasteiger charge is 2.26. The number of aromatic nitrogens is 2. The van der Waals surface area contributed by atoms with Gasteiger partial charge < -0.3 is 4.98 Å². The fourth-order valence-electron chi connectivity index (χ4n) is 3.65. The number of hydrogen-bond acceptors (Lipinski definition) is 6. The number of rotatable bonds is 5. The molecule has 3 heterocycles. The predicted molar refractivity (Wildman–Crippen MR) is 113 cm³/mol. The van der Waals surface area contributed by atoms with Gasteiger partial charge in [0.05, 0.1) is 15.8 Å². The Morgan fingerprint density at radius 2 is 2.10 bits per heavy atom. The molecule has 2 N–H and O–H groups in total. The van der Waals surface area contributed by atoms with Crippen LogP contribution in [0, 0.1) is 0 Å². The number of piperidine rings is 1. The molecule has 4 rings (SSSR count). The molecule has 1 unspecified atom stereocenters. The average molecular weight is 435 g/mol. The van der Waals surface area contributed by atoms with Crippen LogP contribution in [-0.4, -0.2) is 42.0 Å². The molecule has 0 spiro atoms. The van der Waals surface area contributed by atoms with E-state index in [9.17, 15) is 18.0 Å². The van der Waals surface area contributed by atoms with Crippen LogP contribution < -0.4 is 16.0 Å². The number of sulfonamides is 1. The zero-order valence-corrected chi connectivity index (χ0v) is 17.6. The van der Waals surface area contributed by atoms with Gasteiger partial charge in [0, 0.05) is 31.1 Å². The summed E-state index contributed by atoms with van der Waals surface area (Å²) in [4.78, 5) is 30.2. The molecule has 0 amide bonds. The summed E-state index contributed by atoms with van der Waals surface area (Å²) in [6.45, 7) is 2.39. The van der Waals surface area contributed by atoms with Crippen LogP contribution in [0.5, 0.6) is 0 Å². The van der Waals surface area contributed by atoms with Gasteiger partial charge in [0.25, 0.3) is 5.56 Å². The molecular formula is C19H22N4O4S2. The number of aromatic amines is 1. The van der Waals surface area contributed by atoms with Crippen LogP contribution in [0.15, 0.2) is 50.2 Å². The maximum atomic E-state index is 12.9. The van der Waals surface area contributed by atoms with Gasteiger partial charge >= 0.3 is 5.69 Å². The highest BCUT2D eigenvalue weighted by molar-refractivity contribution is 7.89. The second kappa shape index (κ2) is 7.86.